The molecule has 0 radical (unpaired) electrons. The highest BCUT2D eigenvalue weighted by molar-refractivity contribution is 6.16. The maximum Gasteiger partial charge on any atom is 0.422 e. The molecule has 7 rings (SSSR count). The van der Waals surface area contributed by atoms with Crippen LogP contribution in [0, 0.1) is 11.6 Å². The van der Waals surface area contributed by atoms with E-state index < -0.39 is 47.3 Å². The summed E-state index contributed by atoms with van der Waals surface area (Å²) in [5, 5.41) is 1.94. The van der Waals surface area contributed by atoms with Gasteiger partial charge in [0.1, 0.15) is 40.2 Å². The quantitative estimate of drug-likeness (QED) is 0.0392. The fraction of sp³-hybridized carbons (Fsp3) is 0.0909. The zero-order valence-corrected chi connectivity index (χ0v) is 37.0. The fourth-order valence-corrected chi connectivity index (χ4v) is 7.09. The average Bonchev–Trinajstić information content (AvgIpc) is 3.28. The van der Waals surface area contributed by atoms with E-state index in [0.717, 1.165) is 16.7 Å². The van der Waals surface area contributed by atoms with Crippen LogP contribution in [-0.2, 0) is 25.4 Å². The van der Waals surface area contributed by atoms with Crippen molar-refractivity contribution in [3.05, 3.63) is 181 Å². The van der Waals surface area contributed by atoms with Crippen LogP contribution < -0.4 is 18.9 Å². The Morgan fingerprint density at radius 1 is 0.426 bits per heavy atom. The molecular weight excluding hydrogens is 884 g/mol. The fourth-order valence-electron chi connectivity index (χ4n) is 7.09. The molecule has 0 atom stereocenters. The highest BCUT2D eigenvalue weighted by Crippen LogP contribution is 2.44. The van der Waals surface area contributed by atoms with Gasteiger partial charge in [0.2, 0.25) is 0 Å². The van der Waals surface area contributed by atoms with E-state index in [1.165, 1.54) is 45.9 Å². The number of carbonyl (C=O) groups excluding carboxylic acids is 4. The number of fused-ring (bicyclic) bond motifs is 3. The Balaban J connectivity index is 1.25. The summed E-state index contributed by atoms with van der Waals surface area (Å²) >= 11 is 0. The van der Waals surface area contributed by atoms with E-state index in [0.29, 0.717) is 50.4 Å². The largest absolute Gasteiger partial charge is 0.423 e. The van der Waals surface area contributed by atoms with Crippen LogP contribution in [0.1, 0.15) is 33.3 Å². The first kappa shape index (κ1) is 47.5. The van der Waals surface area contributed by atoms with Crippen LogP contribution in [0.3, 0.4) is 0 Å². The molecule has 0 N–H and O–H groups in total. The molecule has 0 aliphatic rings. The predicted molar refractivity (Wildman–Crippen MR) is 250 cm³/mol. The zero-order chi connectivity index (χ0) is 49.4. The molecular formula is C55H39F5O8. The average molecular weight is 923 g/mol. The van der Waals surface area contributed by atoms with Crippen LogP contribution in [0.25, 0.3) is 66.1 Å². The zero-order valence-electron chi connectivity index (χ0n) is 37.0. The van der Waals surface area contributed by atoms with Crippen molar-refractivity contribution < 1.29 is 60.1 Å². The third-order valence-electron chi connectivity index (χ3n) is 10.5. The topological polar surface area (TPSA) is 105 Å². The maximum atomic E-state index is 14.6. The summed E-state index contributed by atoms with van der Waals surface area (Å²) in [6.07, 6.45) is -5.27. The Morgan fingerprint density at radius 2 is 0.853 bits per heavy atom. The molecule has 0 amide bonds. The normalized spacial score (nSPS) is 11.2. The lowest BCUT2D eigenvalue weighted by molar-refractivity contribution is -0.142. The Bertz CT molecular complexity index is 3290. The molecule has 0 aromatic heterocycles. The second-order valence-electron chi connectivity index (χ2n) is 16.0. The highest BCUT2D eigenvalue weighted by Gasteiger charge is 2.38. The van der Waals surface area contributed by atoms with Gasteiger partial charge in [0, 0.05) is 38.6 Å². The first-order chi connectivity index (χ1) is 32.1. The second kappa shape index (κ2) is 18.8. The summed E-state index contributed by atoms with van der Waals surface area (Å²) in [5.41, 5.74) is 2.29. The van der Waals surface area contributed by atoms with Gasteiger partial charge >= 0.3 is 30.1 Å². The molecule has 0 heterocycles. The summed E-state index contributed by atoms with van der Waals surface area (Å²) in [4.78, 5) is 50.9. The van der Waals surface area contributed by atoms with Crippen molar-refractivity contribution in [2.24, 2.45) is 0 Å². The molecule has 0 aliphatic carbocycles. The van der Waals surface area contributed by atoms with E-state index in [1.54, 1.807) is 42.5 Å². The maximum absolute atomic E-state index is 14.6. The van der Waals surface area contributed by atoms with Gasteiger partial charge in [-0.05, 0) is 132 Å². The molecule has 0 aliphatic heterocycles. The van der Waals surface area contributed by atoms with E-state index >= 15 is 0 Å². The highest BCUT2D eigenvalue weighted by atomic mass is 19.4. The van der Waals surface area contributed by atoms with E-state index in [4.69, 9.17) is 18.9 Å². The molecule has 0 saturated heterocycles. The van der Waals surface area contributed by atoms with Gasteiger partial charge in [0.15, 0.2) is 0 Å². The second-order valence-corrected chi connectivity index (χ2v) is 16.0. The molecule has 342 valence electrons. The molecule has 0 saturated carbocycles. The Kier molecular flexibility index (Phi) is 13.1. The predicted octanol–water partition coefficient (Wildman–Crippen LogP) is 13.9. The minimum absolute atomic E-state index is 0.0123. The van der Waals surface area contributed by atoms with E-state index in [2.05, 4.69) is 26.3 Å². The molecule has 7 aromatic carbocycles. The standard InChI is InChI=1S/C55H39F5O8/c1-28(2)51(61)65-40-18-20-42-43(27-40)47(67-53(63)30(5)6)26-39-21-37(25-48(49(39)42)68-54(64)31(7)8)35-15-11-33(12-16-35)32-9-13-34(14-10-32)36-17-19-41(46(24-36)66-52(62)29(3)4)38-22-44(56)50(45(57)23-38)55(58,59)60/h9-27H,1,3,5,7H2,2,4,6,8H3. The minimum atomic E-state index is -5.27. The number of alkyl halides is 3. The van der Waals surface area contributed by atoms with Crippen molar-refractivity contribution in [3.63, 3.8) is 0 Å². The Labute approximate surface area is 386 Å². The van der Waals surface area contributed by atoms with E-state index in [-0.39, 0.29) is 56.4 Å². The lowest BCUT2D eigenvalue weighted by atomic mass is 9.94. The Morgan fingerprint density at radius 3 is 1.35 bits per heavy atom. The molecule has 0 bridgehead atoms. The molecule has 8 nitrogen and oxygen atoms in total. The van der Waals surface area contributed by atoms with Crippen molar-refractivity contribution in [2.45, 2.75) is 33.9 Å². The van der Waals surface area contributed by atoms with Gasteiger partial charge in [-0.15, -0.1) is 0 Å². The number of carbonyl (C=O) groups is 4. The minimum Gasteiger partial charge on any atom is -0.423 e. The molecule has 68 heavy (non-hydrogen) atoms. The van der Waals surface area contributed by atoms with Crippen molar-refractivity contribution in [2.75, 3.05) is 0 Å². The van der Waals surface area contributed by atoms with Crippen LogP contribution in [0.2, 0.25) is 0 Å². The van der Waals surface area contributed by atoms with Crippen molar-refractivity contribution in [1.82, 2.24) is 0 Å². The molecule has 0 spiro atoms. The first-order valence-electron chi connectivity index (χ1n) is 20.6. The monoisotopic (exact) mass is 922 g/mol. The van der Waals surface area contributed by atoms with Gasteiger partial charge in [-0.2, -0.15) is 13.2 Å². The van der Waals surface area contributed by atoms with Gasteiger partial charge in [-0.1, -0.05) is 87.0 Å². The van der Waals surface area contributed by atoms with Crippen LogP contribution >= 0.6 is 0 Å². The van der Waals surface area contributed by atoms with Crippen LogP contribution in [0.15, 0.2) is 164 Å². The third kappa shape index (κ3) is 10.0. The number of halogens is 5. The van der Waals surface area contributed by atoms with E-state index in [9.17, 15) is 41.1 Å². The number of benzene rings is 7. The van der Waals surface area contributed by atoms with Gasteiger partial charge in [0.05, 0.1) is 0 Å². The number of hydrogen-bond acceptors (Lipinski definition) is 8. The summed E-state index contributed by atoms with van der Waals surface area (Å²) in [6.45, 7) is 20.5. The first-order valence-corrected chi connectivity index (χ1v) is 20.6. The van der Waals surface area contributed by atoms with Gasteiger partial charge in [-0.25, -0.2) is 28.0 Å². The van der Waals surface area contributed by atoms with Crippen molar-refractivity contribution in [3.8, 4) is 67.5 Å². The van der Waals surface area contributed by atoms with Crippen LogP contribution in [0.4, 0.5) is 22.0 Å². The van der Waals surface area contributed by atoms with Crippen LogP contribution in [-0.4, -0.2) is 23.9 Å². The van der Waals surface area contributed by atoms with Crippen LogP contribution in [0.5, 0.6) is 23.0 Å². The lowest BCUT2D eigenvalue weighted by Gasteiger charge is -2.17. The smallest absolute Gasteiger partial charge is 0.422 e. The number of esters is 4. The van der Waals surface area contributed by atoms with Gasteiger partial charge in [-0.3, -0.25) is 0 Å². The summed E-state index contributed by atoms with van der Waals surface area (Å²) < 4.78 is 91.9. The third-order valence-corrected chi connectivity index (χ3v) is 10.5. The van der Waals surface area contributed by atoms with Gasteiger partial charge in [0.25, 0.3) is 0 Å². The molecule has 0 unspecified atom stereocenters. The number of ether oxygens (including phenoxy) is 4. The molecule has 0 fully saturated rings. The van der Waals surface area contributed by atoms with E-state index in [1.807, 2.05) is 42.5 Å². The summed E-state index contributed by atoms with van der Waals surface area (Å²) in [6, 6.07) is 30.2. The van der Waals surface area contributed by atoms with Crippen molar-refractivity contribution >= 4 is 45.4 Å². The summed E-state index contributed by atoms with van der Waals surface area (Å²) in [7, 11) is 0. The van der Waals surface area contributed by atoms with Gasteiger partial charge < -0.3 is 18.9 Å². The molecule has 7 aromatic rings. The lowest BCUT2D eigenvalue weighted by Crippen LogP contribution is -2.12. The molecule has 13 heteroatoms. The van der Waals surface area contributed by atoms with Crippen molar-refractivity contribution in [1.29, 1.82) is 0 Å². The number of rotatable bonds is 12. The Hall–Kier alpha value is -8.45. The summed E-state index contributed by atoms with van der Waals surface area (Å²) in [5.74, 6) is -6.21. The number of hydrogen-bond donors (Lipinski definition) is 0. The SMILES string of the molecule is C=C(C)C(=O)Oc1ccc2c(c1)c(OC(=O)C(=C)C)cc1cc(-c3ccc(-c4ccc(-c5ccc(-c6cc(F)c(C(F)(F)F)c(F)c6)c(OC(=O)C(=C)C)c5)cc4)cc3)cc(OC(=O)C(=C)C)c12.